The molecule has 0 aromatic heterocycles. The summed E-state index contributed by atoms with van der Waals surface area (Å²) in [7, 11) is 0. The van der Waals surface area contributed by atoms with E-state index in [2.05, 4.69) is 0 Å². The third-order valence-electron chi connectivity index (χ3n) is 9.44. The molecule has 38 heavy (non-hydrogen) atoms. The maximum Gasteiger partial charge on any atom is 0.316 e. The summed E-state index contributed by atoms with van der Waals surface area (Å²) >= 11 is 0. The molecule has 6 heterocycles. The van der Waals surface area contributed by atoms with Gasteiger partial charge in [0, 0.05) is 61.5 Å². The van der Waals surface area contributed by atoms with Gasteiger partial charge in [-0.15, -0.1) is 0 Å². The van der Waals surface area contributed by atoms with Crippen LogP contribution in [-0.4, -0.2) is 60.5 Å². The Kier molecular flexibility index (Phi) is 5.37. The van der Waals surface area contributed by atoms with Crippen molar-refractivity contribution in [2.24, 2.45) is 23.7 Å². The first kappa shape index (κ1) is 24.3. The van der Waals surface area contributed by atoms with Gasteiger partial charge in [-0.1, -0.05) is 0 Å². The molecule has 8 rings (SSSR count). The Bertz CT molecular complexity index is 1090. The standard InChI is InChI=1S/2C14H16O5/c2*1-7-10-11-8(15)3-4-9(11)19-14(5-2-6-17-14)12(10)13(16)18-7/h2*7,10,12H,2-6H2,1H3/t2*7-,10+,12-,14+/m10/s1. The van der Waals surface area contributed by atoms with Crippen molar-refractivity contribution in [2.75, 3.05) is 13.2 Å². The highest BCUT2D eigenvalue weighted by Crippen LogP contribution is 2.55. The zero-order valence-electron chi connectivity index (χ0n) is 21.6. The van der Waals surface area contributed by atoms with Crippen molar-refractivity contribution in [3.05, 3.63) is 22.7 Å². The van der Waals surface area contributed by atoms with E-state index in [4.69, 9.17) is 28.4 Å². The second kappa shape index (κ2) is 8.39. The molecule has 8 atom stereocenters. The molecule has 4 fully saturated rings. The summed E-state index contributed by atoms with van der Waals surface area (Å²) in [6.45, 7) is 4.91. The predicted molar refractivity (Wildman–Crippen MR) is 126 cm³/mol. The number of carbonyl (C=O) groups excluding carboxylic acids is 4. The van der Waals surface area contributed by atoms with Crippen LogP contribution < -0.4 is 0 Å². The fraction of sp³-hybridized carbons (Fsp3) is 0.714. The van der Waals surface area contributed by atoms with E-state index in [1.54, 1.807) is 0 Å². The minimum absolute atomic E-state index is 0.1000. The van der Waals surface area contributed by atoms with Crippen LogP contribution >= 0.6 is 0 Å². The minimum Gasteiger partial charge on any atom is -0.465 e. The Balaban J connectivity index is 0.000000127. The van der Waals surface area contributed by atoms with Crippen LogP contribution in [0.15, 0.2) is 22.7 Å². The first-order valence-electron chi connectivity index (χ1n) is 13.8. The normalized spacial score (nSPS) is 44.4. The van der Waals surface area contributed by atoms with Crippen molar-refractivity contribution < 1.29 is 47.6 Å². The first-order chi connectivity index (χ1) is 18.2. The number of allylic oxidation sites excluding steroid dienone is 2. The van der Waals surface area contributed by atoms with Gasteiger partial charge in [0.1, 0.15) is 35.6 Å². The number of rotatable bonds is 0. The summed E-state index contributed by atoms with van der Waals surface area (Å²) in [4.78, 5) is 48.4. The number of hydrogen-bond donors (Lipinski definition) is 0. The second-order valence-electron chi connectivity index (χ2n) is 11.5. The molecule has 0 radical (unpaired) electrons. The lowest BCUT2D eigenvalue weighted by Crippen LogP contribution is -2.49. The van der Waals surface area contributed by atoms with E-state index >= 15 is 0 Å². The maximum absolute atomic E-state index is 12.2. The van der Waals surface area contributed by atoms with E-state index in [1.807, 2.05) is 13.8 Å². The largest absolute Gasteiger partial charge is 0.465 e. The lowest BCUT2D eigenvalue weighted by molar-refractivity contribution is -0.232. The lowest BCUT2D eigenvalue weighted by atomic mass is 9.76. The molecule has 204 valence electrons. The summed E-state index contributed by atoms with van der Waals surface area (Å²) in [5.41, 5.74) is 1.37. The van der Waals surface area contributed by atoms with Crippen LogP contribution in [0.2, 0.25) is 0 Å². The van der Waals surface area contributed by atoms with Gasteiger partial charge in [-0.2, -0.15) is 0 Å². The van der Waals surface area contributed by atoms with Crippen LogP contribution in [0.25, 0.3) is 0 Å². The monoisotopic (exact) mass is 528 g/mol. The molecule has 10 heteroatoms. The number of fused-ring (bicyclic) bond motifs is 6. The smallest absolute Gasteiger partial charge is 0.316 e. The summed E-state index contributed by atoms with van der Waals surface area (Å²) in [6.07, 6.45) is 4.82. The number of ether oxygens (including phenoxy) is 6. The Morgan fingerprint density at radius 2 is 1.05 bits per heavy atom. The van der Waals surface area contributed by atoms with Crippen molar-refractivity contribution in [2.45, 2.75) is 89.0 Å². The van der Waals surface area contributed by atoms with Crippen LogP contribution in [-0.2, 0) is 47.6 Å². The van der Waals surface area contributed by atoms with Gasteiger partial charge in [-0.05, 0) is 26.7 Å². The van der Waals surface area contributed by atoms with Gasteiger partial charge in [-0.25, -0.2) is 0 Å². The Labute approximate surface area is 220 Å². The fourth-order valence-electron chi connectivity index (χ4n) is 7.93. The van der Waals surface area contributed by atoms with Crippen molar-refractivity contribution >= 4 is 23.5 Å². The highest BCUT2D eigenvalue weighted by atomic mass is 16.7. The number of carbonyl (C=O) groups is 4. The third kappa shape index (κ3) is 3.25. The van der Waals surface area contributed by atoms with Crippen LogP contribution in [0.4, 0.5) is 0 Å². The van der Waals surface area contributed by atoms with Crippen molar-refractivity contribution in [3.8, 4) is 0 Å². The van der Waals surface area contributed by atoms with Crippen LogP contribution in [0.5, 0.6) is 0 Å². The minimum atomic E-state index is -0.879. The van der Waals surface area contributed by atoms with E-state index in [1.165, 1.54) is 0 Å². The molecule has 0 saturated carbocycles. The van der Waals surface area contributed by atoms with Crippen LogP contribution in [0, 0.1) is 23.7 Å². The molecule has 0 unspecified atom stereocenters. The van der Waals surface area contributed by atoms with Crippen LogP contribution in [0.3, 0.4) is 0 Å². The van der Waals surface area contributed by atoms with Gasteiger partial charge in [0.25, 0.3) is 0 Å². The van der Waals surface area contributed by atoms with E-state index in [0.29, 0.717) is 62.9 Å². The zero-order chi connectivity index (χ0) is 26.4. The number of Topliss-reactive ketones (excluding diaryl/α,β-unsaturated/α-hetero) is 2. The Morgan fingerprint density at radius 3 is 1.42 bits per heavy atom. The maximum atomic E-state index is 12.2. The van der Waals surface area contributed by atoms with Gasteiger partial charge in [0.15, 0.2) is 11.6 Å². The molecule has 0 aromatic carbocycles. The SMILES string of the molecule is C[C@@H]1OC(=O)[C@@H]2[C@H]1C1=C(CCC1=O)O[C@]21CCCO1.C[C@H]1OC(=O)[C@H]2[C@@H]1C1=C(CCC1=O)O[C@@]21CCCO1. The first-order valence-corrected chi connectivity index (χ1v) is 13.8. The van der Waals surface area contributed by atoms with E-state index in [-0.39, 0.29) is 47.5 Å². The molecule has 0 N–H and O–H groups in total. The third-order valence-corrected chi connectivity index (χ3v) is 9.44. The predicted octanol–water partition coefficient (Wildman–Crippen LogP) is 2.64. The zero-order valence-corrected chi connectivity index (χ0v) is 21.6. The van der Waals surface area contributed by atoms with Gasteiger partial charge in [0.2, 0.25) is 11.6 Å². The molecule has 2 aliphatic carbocycles. The quantitative estimate of drug-likeness (QED) is 0.434. The summed E-state index contributed by atoms with van der Waals surface area (Å²) in [5, 5.41) is 0. The van der Waals surface area contributed by atoms with Crippen molar-refractivity contribution in [1.82, 2.24) is 0 Å². The lowest BCUT2D eigenvalue weighted by Gasteiger charge is -2.40. The summed E-state index contributed by atoms with van der Waals surface area (Å²) < 4.78 is 34.3. The fourth-order valence-corrected chi connectivity index (χ4v) is 7.93. The molecule has 10 nitrogen and oxygen atoms in total. The van der Waals surface area contributed by atoms with E-state index < -0.39 is 23.4 Å². The highest BCUT2D eigenvalue weighted by molar-refractivity contribution is 6.01. The average Bonchev–Trinajstić information content (AvgIpc) is 3.72. The summed E-state index contributed by atoms with van der Waals surface area (Å²) in [6, 6.07) is 0. The molecule has 6 aliphatic heterocycles. The molecular weight excluding hydrogens is 496 g/mol. The second-order valence-corrected chi connectivity index (χ2v) is 11.5. The van der Waals surface area contributed by atoms with Gasteiger partial charge in [-0.3, -0.25) is 19.2 Å². The van der Waals surface area contributed by atoms with Crippen molar-refractivity contribution in [3.63, 3.8) is 0 Å². The number of esters is 2. The molecule has 0 aromatic rings. The van der Waals surface area contributed by atoms with Crippen molar-refractivity contribution in [1.29, 1.82) is 0 Å². The Morgan fingerprint density at radius 1 is 0.632 bits per heavy atom. The van der Waals surface area contributed by atoms with Gasteiger partial charge < -0.3 is 28.4 Å². The molecule has 8 aliphatic rings. The van der Waals surface area contributed by atoms with E-state index in [0.717, 1.165) is 24.4 Å². The topological polar surface area (TPSA) is 124 Å². The van der Waals surface area contributed by atoms with Crippen LogP contribution in [0.1, 0.15) is 65.2 Å². The molecule has 0 bridgehead atoms. The summed E-state index contributed by atoms with van der Waals surface area (Å²) in [5.74, 6) is -2.00. The van der Waals surface area contributed by atoms with E-state index in [9.17, 15) is 19.2 Å². The molecule has 4 saturated heterocycles. The molecular formula is C28H32O10. The number of hydrogen-bond acceptors (Lipinski definition) is 10. The molecule has 0 amide bonds. The molecule has 2 spiro atoms. The number of cyclic esters (lactones) is 2. The Hall–Kier alpha value is -2.72. The van der Waals surface area contributed by atoms with Gasteiger partial charge >= 0.3 is 11.9 Å². The highest BCUT2D eigenvalue weighted by Gasteiger charge is 2.65. The average molecular weight is 529 g/mol. The van der Waals surface area contributed by atoms with Gasteiger partial charge in [0.05, 0.1) is 13.2 Å². The number of ketones is 2.